The molecule has 1 aromatic carbocycles. The first-order valence-corrected chi connectivity index (χ1v) is 7.79. The van der Waals surface area contributed by atoms with E-state index in [1.165, 1.54) is 0 Å². The van der Waals surface area contributed by atoms with E-state index in [9.17, 15) is 4.79 Å². The van der Waals surface area contributed by atoms with Crippen molar-refractivity contribution in [1.82, 2.24) is 15.1 Å². The van der Waals surface area contributed by atoms with E-state index in [-0.39, 0.29) is 12.8 Å². The summed E-state index contributed by atoms with van der Waals surface area (Å²) in [6.45, 7) is 8.59. The number of benzene rings is 1. The predicted molar refractivity (Wildman–Crippen MR) is 83.1 cm³/mol. The van der Waals surface area contributed by atoms with Gasteiger partial charge in [0.15, 0.2) is 11.5 Å². The summed E-state index contributed by atoms with van der Waals surface area (Å²) in [5, 5.41) is 2.98. The van der Waals surface area contributed by atoms with Gasteiger partial charge in [-0.05, 0) is 31.5 Å². The van der Waals surface area contributed by atoms with E-state index in [4.69, 9.17) is 9.47 Å². The van der Waals surface area contributed by atoms with E-state index < -0.39 is 0 Å². The zero-order valence-corrected chi connectivity index (χ0v) is 13.2. The van der Waals surface area contributed by atoms with E-state index >= 15 is 0 Å². The number of carbonyl (C=O) groups excluding carboxylic acids is 1. The van der Waals surface area contributed by atoms with Gasteiger partial charge < -0.3 is 19.7 Å². The number of piperazine rings is 1. The summed E-state index contributed by atoms with van der Waals surface area (Å²) in [6.07, 6.45) is 0. The number of nitrogens with zero attached hydrogens (tertiary/aromatic N) is 2. The molecule has 2 aliphatic heterocycles. The largest absolute Gasteiger partial charge is 0.454 e. The quantitative estimate of drug-likeness (QED) is 0.922. The van der Waals surface area contributed by atoms with Crippen molar-refractivity contribution in [3.63, 3.8) is 0 Å². The molecule has 2 aliphatic rings. The Balaban J connectivity index is 1.48. The summed E-state index contributed by atoms with van der Waals surface area (Å²) in [6, 6.07) is 6.29. The Morgan fingerprint density at radius 2 is 1.91 bits per heavy atom. The van der Waals surface area contributed by atoms with Gasteiger partial charge in [0.05, 0.1) is 0 Å². The lowest BCUT2D eigenvalue weighted by atomic mass is 10.2. The number of nitrogens with one attached hydrogen (secondary N) is 1. The normalized spacial score (nSPS) is 17.9. The highest BCUT2D eigenvalue weighted by molar-refractivity contribution is 5.74. The molecule has 6 heteroatoms. The Kier molecular flexibility index (Phi) is 4.38. The third-order valence-electron chi connectivity index (χ3n) is 4.21. The molecule has 1 saturated heterocycles. The molecule has 6 nitrogen and oxygen atoms in total. The Morgan fingerprint density at radius 3 is 2.64 bits per heavy atom. The average Bonchev–Trinajstić information content (AvgIpc) is 3.00. The van der Waals surface area contributed by atoms with Crippen molar-refractivity contribution in [2.24, 2.45) is 0 Å². The van der Waals surface area contributed by atoms with E-state index in [1.807, 2.05) is 23.1 Å². The van der Waals surface area contributed by atoms with Crippen molar-refractivity contribution in [3.8, 4) is 11.5 Å². The highest BCUT2D eigenvalue weighted by Crippen LogP contribution is 2.32. The van der Waals surface area contributed by atoms with Crippen molar-refractivity contribution in [2.45, 2.75) is 26.4 Å². The summed E-state index contributed by atoms with van der Waals surface area (Å²) in [4.78, 5) is 16.5. The van der Waals surface area contributed by atoms with Crippen LogP contribution in [0.2, 0.25) is 0 Å². The van der Waals surface area contributed by atoms with Crippen LogP contribution in [0.5, 0.6) is 11.5 Å². The van der Waals surface area contributed by atoms with E-state index in [2.05, 4.69) is 24.1 Å². The first-order chi connectivity index (χ1) is 10.6. The van der Waals surface area contributed by atoms with Crippen LogP contribution in [0, 0.1) is 0 Å². The summed E-state index contributed by atoms with van der Waals surface area (Å²) < 4.78 is 10.6. The van der Waals surface area contributed by atoms with Gasteiger partial charge in [0.2, 0.25) is 6.79 Å². The van der Waals surface area contributed by atoms with Crippen molar-refractivity contribution in [2.75, 3.05) is 33.0 Å². The van der Waals surface area contributed by atoms with Crippen LogP contribution in [-0.4, -0.2) is 54.8 Å². The van der Waals surface area contributed by atoms with Gasteiger partial charge in [-0.15, -0.1) is 0 Å². The minimum Gasteiger partial charge on any atom is -0.454 e. The van der Waals surface area contributed by atoms with Gasteiger partial charge in [-0.25, -0.2) is 4.79 Å². The molecular weight excluding hydrogens is 282 g/mol. The molecule has 0 unspecified atom stereocenters. The third kappa shape index (κ3) is 3.27. The predicted octanol–water partition coefficient (Wildman–Crippen LogP) is 1.65. The van der Waals surface area contributed by atoms with Gasteiger partial charge in [0, 0.05) is 38.8 Å². The molecule has 1 N–H and O–H groups in total. The van der Waals surface area contributed by atoms with Crippen LogP contribution in [0.3, 0.4) is 0 Å². The Labute approximate surface area is 131 Å². The minimum atomic E-state index is 0.000993. The molecule has 0 aliphatic carbocycles. The lowest BCUT2D eigenvalue weighted by Gasteiger charge is -2.36. The number of ether oxygens (including phenoxy) is 2. The standard InChI is InChI=1S/C16H23N3O3/c1-12(2)18-5-7-19(8-6-18)16(20)17-10-13-3-4-14-15(9-13)22-11-21-14/h3-4,9,12H,5-8,10-11H2,1-2H3,(H,17,20). The van der Waals surface area contributed by atoms with Gasteiger partial charge in [0.25, 0.3) is 0 Å². The van der Waals surface area contributed by atoms with Crippen LogP contribution in [0.4, 0.5) is 4.79 Å². The maximum Gasteiger partial charge on any atom is 0.317 e. The number of urea groups is 1. The zero-order chi connectivity index (χ0) is 15.5. The van der Waals surface area contributed by atoms with Gasteiger partial charge in [-0.3, -0.25) is 4.90 Å². The molecular formula is C16H23N3O3. The summed E-state index contributed by atoms with van der Waals surface area (Å²) in [7, 11) is 0. The maximum absolute atomic E-state index is 12.2. The maximum atomic E-state index is 12.2. The summed E-state index contributed by atoms with van der Waals surface area (Å²) in [5.74, 6) is 1.51. The molecule has 0 atom stereocenters. The number of fused-ring (bicyclic) bond motifs is 1. The van der Waals surface area contributed by atoms with Crippen molar-refractivity contribution in [1.29, 1.82) is 0 Å². The van der Waals surface area contributed by atoms with Crippen molar-refractivity contribution < 1.29 is 14.3 Å². The number of carbonyl (C=O) groups is 1. The van der Waals surface area contributed by atoms with Gasteiger partial charge in [0.1, 0.15) is 0 Å². The number of amides is 2. The van der Waals surface area contributed by atoms with Gasteiger partial charge in [-0.1, -0.05) is 6.07 Å². The lowest BCUT2D eigenvalue weighted by molar-refractivity contribution is 0.119. The van der Waals surface area contributed by atoms with E-state index in [0.717, 1.165) is 43.2 Å². The molecule has 2 heterocycles. The highest BCUT2D eigenvalue weighted by atomic mass is 16.7. The molecule has 120 valence electrons. The molecule has 1 fully saturated rings. The molecule has 3 rings (SSSR count). The minimum absolute atomic E-state index is 0.000993. The third-order valence-corrected chi connectivity index (χ3v) is 4.21. The lowest BCUT2D eigenvalue weighted by Crippen LogP contribution is -2.53. The van der Waals surface area contributed by atoms with Crippen LogP contribution in [0.25, 0.3) is 0 Å². The summed E-state index contributed by atoms with van der Waals surface area (Å²) in [5.41, 5.74) is 1.01. The first kappa shape index (κ1) is 15.0. The molecule has 0 bridgehead atoms. The van der Waals surface area contributed by atoms with Crippen LogP contribution in [0.15, 0.2) is 18.2 Å². The van der Waals surface area contributed by atoms with E-state index in [1.54, 1.807) is 0 Å². The number of hydrogen-bond donors (Lipinski definition) is 1. The smallest absolute Gasteiger partial charge is 0.317 e. The molecule has 1 aromatic rings. The fraction of sp³-hybridized carbons (Fsp3) is 0.562. The monoisotopic (exact) mass is 305 g/mol. The fourth-order valence-corrected chi connectivity index (χ4v) is 2.78. The SMILES string of the molecule is CC(C)N1CCN(C(=O)NCc2ccc3c(c2)OCO3)CC1. The summed E-state index contributed by atoms with van der Waals surface area (Å²) >= 11 is 0. The molecule has 22 heavy (non-hydrogen) atoms. The molecule has 0 aromatic heterocycles. The molecule has 0 saturated carbocycles. The van der Waals surface area contributed by atoms with Crippen molar-refractivity contribution >= 4 is 6.03 Å². The van der Waals surface area contributed by atoms with Gasteiger partial charge in [-0.2, -0.15) is 0 Å². The second kappa shape index (κ2) is 6.44. The average molecular weight is 305 g/mol. The molecule has 2 amide bonds. The number of hydrogen-bond acceptors (Lipinski definition) is 4. The molecule has 0 radical (unpaired) electrons. The second-order valence-electron chi connectivity index (χ2n) is 5.96. The van der Waals surface area contributed by atoms with Crippen LogP contribution in [-0.2, 0) is 6.54 Å². The van der Waals surface area contributed by atoms with Crippen LogP contribution in [0.1, 0.15) is 19.4 Å². The van der Waals surface area contributed by atoms with E-state index in [0.29, 0.717) is 12.6 Å². The second-order valence-corrected chi connectivity index (χ2v) is 5.96. The Bertz CT molecular complexity index is 539. The van der Waals surface area contributed by atoms with Gasteiger partial charge >= 0.3 is 6.03 Å². The fourth-order valence-electron chi connectivity index (χ4n) is 2.78. The Morgan fingerprint density at radius 1 is 1.18 bits per heavy atom. The van der Waals surface area contributed by atoms with Crippen LogP contribution < -0.4 is 14.8 Å². The number of rotatable bonds is 3. The molecule has 0 spiro atoms. The Hall–Kier alpha value is -1.95. The zero-order valence-electron chi connectivity index (χ0n) is 13.2. The first-order valence-electron chi connectivity index (χ1n) is 7.79. The topological polar surface area (TPSA) is 54.0 Å². The van der Waals surface area contributed by atoms with Crippen LogP contribution >= 0.6 is 0 Å². The van der Waals surface area contributed by atoms with Crippen molar-refractivity contribution in [3.05, 3.63) is 23.8 Å². The highest BCUT2D eigenvalue weighted by Gasteiger charge is 2.22.